The third-order valence-electron chi connectivity index (χ3n) is 8.79. The van der Waals surface area contributed by atoms with Gasteiger partial charge in [-0.05, 0) is 34.9 Å². The van der Waals surface area contributed by atoms with Crippen LogP contribution < -0.4 is 11.2 Å². The molecule has 50 heavy (non-hydrogen) atoms. The van der Waals surface area contributed by atoms with Gasteiger partial charge in [0.25, 0.3) is 5.56 Å². The molecule has 1 saturated heterocycles. The number of nitrogens with zero attached hydrogens (tertiary/aromatic N) is 3. The highest BCUT2D eigenvalue weighted by Crippen LogP contribution is 2.34. The van der Waals surface area contributed by atoms with E-state index in [0.29, 0.717) is 13.1 Å². The van der Waals surface area contributed by atoms with Crippen LogP contribution in [0.4, 0.5) is 4.39 Å². The molecule has 0 radical (unpaired) electrons. The van der Waals surface area contributed by atoms with E-state index in [4.69, 9.17) is 18.9 Å². The minimum absolute atomic E-state index is 0.102. The van der Waals surface area contributed by atoms with E-state index >= 15 is 0 Å². The first-order valence-electron chi connectivity index (χ1n) is 16.2. The van der Waals surface area contributed by atoms with Gasteiger partial charge in [0.2, 0.25) is 0 Å². The highest BCUT2D eigenvalue weighted by Gasteiger charge is 2.51. The number of hydrogen-bond donors (Lipinski definition) is 1. The van der Waals surface area contributed by atoms with Crippen molar-refractivity contribution in [2.24, 2.45) is 0 Å². The lowest BCUT2D eigenvalue weighted by Gasteiger charge is -2.28. The molecule has 0 amide bonds. The zero-order chi connectivity index (χ0) is 35.5. The molecule has 2 aromatic heterocycles. The van der Waals surface area contributed by atoms with Gasteiger partial charge in [0.05, 0.1) is 0 Å². The van der Waals surface area contributed by atoms with Gasteiger partial charge in [0.1, 0.15) is 18.5 Å². The fourth-order valence-corrected chi connectivity index (χ4v) is 6.56. The van der Waals surface area contributed by atoms with Crippen molar-refractivity contribution in [3.05, 3.63) is 110 Å². The third kappa shape index (κ3) is 7.45. The molecule has 1 N–H and O–H groups in total. The Kier molecular flexibility index (Phi) is 10.1. The molecule has 13 nitrogen and oxygen atoms in total. The van der Waals surface area contributed by atoms with Gasteiger partial charge in [-0.1, -0.05) is 36.4 Å². The minimum Gasteiger partial charge on any atom is -0.463 e. The molecule has 0 saturated carbocycles. The van der Waals surface area contributed by atoms with Gasteiger partial charge in [0.15, 0.2) is 18.4 Å². The van der Waals surface area contributed by atoms with Gasteiger partial charge >= 0.3 is 23.6 Å². The van der Waals surface area contributed by atoms with E-state index in [9.17, 15) is 28.4 Å². The quantitative estimate of drug-likeness (QED) is 0.195. The summed E-state index contributed by atoms with van der Waals surface area (Å²) in [7, 11) is 0. The van der Waals surface area contributed by atoms with Crippen LogP contribution in [-0.4, -0.2) is 74.9 Å². The molecule has 2 aromatic carbocycles. The fraction of sp³-hybridized carbons (Fsp3) is 0.361. The summed E-state index contributed by atoms with van der Waals surface area (Å²) in [6, 6.07) is 15.5. The Morgan fingerprint density at radius 1 is 0.980 bits per heavy atom. The number of carbonyl (C=O) groups excluding carboxylic acids is 3. The largest absolute Gasteiger partial charge is 0.463 e. The maximum Gasteiger partial charge on any atom is 0.333 e. The van der Waals surface area contributed by atoms with E-state index in [1.54, 1.807) is 12.1 Å². The number of fused-ring (bicyclic) bond motifs is 3. The predicted octanol–water partition coefficient (Wildman–Crippen LogP) is 3.10. The Hall–Kier alpha value is -5.34. The van der Waals surface area contributed by atoms with Gasteiger partial charge in [-0.3, -0.25) is 33.2 Å². The second-order valence-corrected chi connectivity index (χ2v) is 12.3. The summed E-state index contributed by atoms with van der Waals surface area (Å²) in [5.41, 5.74) is 3.44. The highest BCUT2D eigenvalue weighted by molar-refractivity contribution is 5.85. The van der Waals surface area contributed by atoms with Crippen LogP contribution in [0.25, 0.3) is 16.5 Å². The van der Waals surface area contributed by atoms with Crippen molar-refractivity contribution >= 4 is 34.4 Å². The lowest BCUT2D eigenvalue weighted by molar-refractivity contribution is -0.166. The Labute approximate surface area is 285 Å². The van der Waals surface area contributed by atoms with Crippen molar-refractivity contribution in [2.75, 3.05) is 19.7 Å². The maximum atomic E-state index is 14.1. The van der Waals surface area contributed by atoms with Crippen molar-refractivity contribution in [1.82, 2.24) is 19.0 Å². The Morgan fingerprint density at radius 2 is 1.72 bits per heavy atom. The molecule has 0 unspecified atom stereocenters. The van der Waals surface area contributed by atoms with Gasteiger partial charge in [-0.2, -0.15) is 0 Å². The van der Waals surface area contributed by atoms with E-state index < -0.39 is 53.7 Å². The number of benzene rings is 2. The van der Waals surface area contributed by atoms with Crippen molar-refractivity contribution in [2.45, 2.75) is 64.8 Å². The van der Waals surface area contributed by atoms with Gasteiger partial charge < -0.3 is 23.9 Å². The van der Waals surface area contributed by atoms with Crippen LogP contribution in [0.15, 0.2) is 76.5 Å². The zero-order valence-electron chi connectivity index (χ0n) is 27.8. The van der Waals surface area contributed by atoms with Crippen LogP contribution in [0, 0.1) is 5.82 Å². The molecule has 2 aliphatic heterocycles. The summed E-state index contributed by atoms with van der Waals surface area (Å²) in [6.07, 6.45) is -1.12. The molecule has 262 valence electrons. The molecule has 2 aliphatic rings. The maximum absolute atomic E-state index is 14.1. The molecule has 4 heterocycles. The summed E-state index contributed by atoms with van der Waals surface area (Å²) >= 11 is 0. The minimum atomic E-state index is -1.32. The fourth-order valence-electron chi connectivity index (χ4n) is 6.56. The standard InChI is InChI=1S/C36H37FN4O9/c1-21(42)47-20-31-33(48-22(2)43)34(49-23(3)44)35(50-31)41-16-13-32(45)40(36(41)46)15-11-25(24-7-5-4-6-8-24)18-39-14-12-30-28(19-39)27-17-26(37)9-10-29(27)38-30/h4-11,13,16-17,31,33-35,38H,12,14-15,18-20H2,1-3H3/b25-11+/t31-,33-,34-,35-/m1/s1. The number of H-pyrrole nitrogens is 1. The van der Waals surface area contributed by atoms with E-state index in [2.05, 4.69) is 9.88 Å². The number of carbonyl (C=O) groups is 3. The van der Waals surface area contributed by atoms with E-state index in [1.165, 1.54) is 25.3 Å². The van der Waals surface area contributed by atoms with Gasteiger partial charge in [-0.15, -0.1) is 0 Å². The van der Waals surface area contributed by atoms with Crippen LogP contribution in [-0.2, 0) is 52.8 Å². The molecule has 0 bridgehead atoms. The number of allylic oxidation sites excluding steroid dienone is 1. The number of esters is 3. The van der Waals surface area contributed by atoms with Crippen molar-refractivity contribution in [3.63, 3.8) is 0 Å². The van der Waals surface area contributed by atoms with E-state index in [0.717, 1.165) is 69.2 Å². The number of hydrogen-bond acceptors (Lipinski definition) is 10. The van der Waals surface area contributed by atoms with Crippen LogP contribution >= 0.6 is 0 Å². The van der Waals surface area contributed by atoms with E-state index in [1.807, 2.05) is 36.4 Å². The summed E-state index contributed by atoms with van der Waals surface area (Å²) in [5.74, 6) is -2.35. The Balaban J connectivity index is 1.31. The molecule has 14 heteroatoms. The van der Waals surface area contributed by atoms with Crippen LogP contribution in [0.3, 0.4) is 0 Å². The molecule has 4 atom stereocenters. The van der Waals surface area contributed by atoms with Crippen LogP contribution in [0.5, 0.6) is 0 Å². The molecule has 0 aliphatic carbocycles. The Bertz CT molecular complexity index is 2070. The SMILES string of the molecule is CC(=O)OC[C@H]1O[C@@H](n2ccc(=O)n(C/C=C(\CN3CCc4[nH]c5ccc(F)cc5c4C3)c3ccccc3)c2=O)[C@H](OC(C)=O)[C@@H]1OC(C)=O. The van der Waals surface area contributed by atoms with Crippen molar-refractivity contribution in [1.29, 1.82) is 0 Å². The average molecular weight is 689 g/mol. The molecule has 0 spiro atoms. The molecule has 1 fully saturated rings. The molecule has 6 rings (SSSR count). The second kappa shape index (κ2) is 14.6. The average Bonchev–Trinajstić information content (AvgIpc) is 3.59. The summed E-state index contributed by atoms with van der Waals surface area (Å²) in [4.78, 5) is 68.4. The van der Waals surface area contributed by atoms with E-state index in [-0.39, 0.29) is 19.0 Å². The zero-order valence-corrected chi connectivity index (χ0v) is 27.8. The number of nitrogens with one attached hydrogen (secondary N) is 1. The first-order valence-corrected chi connectivity index (χ1v) is 16.2. The number of aromatic amines is 1. The topological polar surface area (TPSA) is 151 Å². The van der Waals surface area contributed by atoms with Gasteiger partial charge in [-0.25, -0.2) is 9.18 Å². The Morgan fingerprint density at radius 3 is 2.44 bits per heavy atom. The molecule has 4 aromatic rings. The van der Waals surface area contributed by atoms with Crippen LogP contribution in [0.2, 0.25) is 0 Å². The smallest absolute Gasteiger partial charge is 0.333 e. The lowest BCUT2D eigenvalue weighted by atomic mass is 10.0. The van der Waals surface area contributed by atoms with Crippen molar-refractivity contribution in [3.8, 4) is 0 Å². The van der Waals surface area contributed by atoms with Crippen LogP contribution in [0.1, 0.15) is 43.8 Å². The first-order chi connectivity index (χ1) is 24.0. The second-order valence-electron chi connectivity index (χ2n) is 12.3. The normalized spacial score (nSPS) is 20.8. The number of rotatable bonds is 10. The number of halogens is 1. The molecular weight excluding hydrogens is 651 g/mol. The summed E-state index contributed by atoms with van der Waals surface area (Å²) in [5, 5.41) is 0.846. The lowest BCUT2D eigenvalue weighted by Crippen LogP contribution is -2.45. The predicted molar refractivity (Wildman–Crippen MR) is 178 cm³/mol. The molecular formula is C36H37FN4O9. The first kappa shape index (κ1) is 34.5. The number of aromatic nitrogens is 3. The van der Waals surface area contributed by atoms with Crippen molar-refractivity contribution < 1.29 is 37.7 Å². The monoisotopic (exact) mass is 688 g/mol. The highest BCUT2D eigenvalue weighted by atomic mass is 19.1. The van der Waals surface area contributed by atoms with Gasteiger partial charge in [0, 0.05) is 82.2 Å². The summed E-state index contributed by atoms with van der Waals surface area (Å²) in [6.45, 7) is 4.87. The number of ether oxygens (including phenoxy) is 4. The summed E-state index contributed by atoms with van der Waals surface area (Å²) < 4.78 is 38.3. The third-order valence-corrected chi connectivity index (χ3v) is 8.79.